The van der Waals surface area contributed by atoms with Crippen LogP contribution in [0.4, 0.5) is 11.5 Å². The number of aryl methyl sites for hydroxylation is 1. The van der Waals surface area contributed by atoms with Crippen LogP contribution in [0.1, 0.15) is 61.7 Å². The van der Waals surface area contributed by atoms with Gasteiger partial charge in [0.1, 0.15) is 10.5 Å². The maximum absolute atomic E-state index is 11.7. The van der Waals surface area contributed by atoms with Gasteiger partial charge in [0.15, 0.2) is 5.82 Å². The molecule has 3 aliphatic heterocycles. The third-order valence-corrected chi connectivity index (χ3v) is 12.7. The molecule has 0 saturated carbocycles. The van der Waals surface area contributed by atoms with Crippen LogP contribution in [-0.4, -0.2) is 61.5 Å². The van der Waals surface area contributed by atoms with Gasteiger partial charge in [0, 0.05) is 66.2 Å². The Morgan fingerprint density at radius 2 is 1.74 bits per heavy atom. The van der Waals surface area contributed by atoms with Gasteiger partial charge in [-0.1, -0.05) is 66.5 Å². The number of benzene rings is 2. The Balaban J connectivity index is 1.01. The van der Waals surface area contributed by atoms with Crippen molar-refractivity contribution >= 4 is 68.1 Å². The van der Waals surface area contributed by atoms with Crippen molar-refractivity contribution in [1.29, 1.82) is 0 Å². The number of rotatable bonds is 12. The highest BCUT2D eigenvalue weighted by atomic mass is 35.5. The Kier molecular flexibility index (Phi) is 10.4. The van der Waals surface area contributed by atoms with Crippen molar-refractivity contribution in [2.75, 3.05) is 11.9 Å². The Hall–Kier alpha value is -4.13. The molecule has 8 rings (SSSR count). The molecule has 0 radical (unpaired) electrons. The summed E-state index contributed by atoms with van der Waals surface area (Å²) in [4.78, 5) is 40.4. The number of aliphatic carboxylic acids is 1. The second-order valence-electron chi connectivity index (χ2n) is 14.2. The van der Waals surface area contributed by atoms with E-state index in [2.05, 4.69) is 38.8 Å². The van der Waals surface area contributed by atoms with Crippen LogP contribution in [-0.2, 0) is 29.1 Å². The number of amides is 1. The van der Waals surface area contributed by atoms with Crippen LogP contribution in [0.15, 0.2) is 60.8 Å². The molecule has 3 aromatic heterocycles. The van der Waals surface area contributed by atoms with E-state index in [9.17, 15) is 14.7 Å². The quantitative estimate of drug-likeness (QED) is 0.0991. The standard InChI is InChI=1S/C40H41Cl2N7O3S/c1-2-30-22(19-43-20-24-10-14-34(50)45-24)9-13-31(46-30)29-7-3-5-27(36(29)41)28-6-4-8-32(37(28)42)47-39-38-33(15-16-44-39)53-35(48-38)21-49-25-11-12-26(49)18-23(17-25)40(51)52/h3-9,13,15-16,23-26,43H,2,10-12,14,17-21H2,1H3,(H,44,47)(H,45,50)(H,51,52)/t23-,24-,25+,26-/m0/s1. The van der Waals surface area contributed by atoms with Crippen LogP contribution in [0, 0.1) is 5.92 Å². The second-order valence-corrected chi connectivity index (χ2v) is 16.1. The molecule has 3 saturated heterocycles. The summed E-state index contributed by atoms with van der Waals surface area (Å²) < 4.78 is 1.02. The largest absolute Gasteiger partial charge is 0.481 e. The zero-order valence-electron chi connectivity index (χ0n) is 29.4. The molecule has 1 amide bonds. The number of anilines is 2. The van der Waals surface area contributed by atoms with E-state index in [0.29, 0.717) is 53.9 Å². The van der Waals surface area contributed by atoms with Crippen molar-refractivity contribution in [3.05, 3.63) is 87.1 Å². The van der Waals surface area contributed by atoms with Crippen LogP contribution in [0.5, 0.6) is 0 Å². The number of aromatic nitrogens is 3. The molecular weight excluding hydrogens is 729 g/mol. The third kappa shape index (κ3) is 7.37. The highest BCUT2D eigenvalue weighted by molar-refractivity contribution is 7.18. The number of pyridine rings is 2. The zero-order valence-corrected chi connectivity index (χ0v) is 31.7. The van der Waals surface area contributed by atoms with E-state index in [4.69, 9.17) is 33.2 Å². The molecule has 10 nitrogen and oxygen atoms in total. The van der Waals surface area contributed by atoms with E-state index < -0.39 is 5.97 Å². The Morgan fingerprint density at radius 3 is 2.47 bits per heavy atom. The van der Waals surface area contributed by atoms with E-state index in [1.807, 2.05) is 48.5 Å². The summed E-state index contributed by atoms with van der Waals surface area (Å²) in [6.07, 6.45) is 7.50. The summed E-state index contributed by atoms with van der Waals surface area (Å²) >= 11 is 15.9. The number of nitrogens with one attached hydrogen (secondary N) is 3. The van der Waals surface area contributed by atoms with Crippen molar-refractivity contribution in [2.45, 2.75) is 83.1 Å². The van der Waals surface area contributed by atoms with Gasteiger partial charge in [0.25, 0.3) is 0 Å². The van der Waals surface area contributed by atoms with Gasteiger partial charge >= 0.3 is 5.97 Å². The van der Waals surface area contributed by atoms with E-state index in [1.165, 1.54) is 0 Å². The first kappa shape index (κ1) is 35.9. The lowest BCUT2D eigenvalue weighted by Crippen LogP contribution is -2.44. The predicted octanol–water partition coefficient (Wildman–Crippen LogP) is 8.23. The average Bonchev–Trinajstić information content (AvgIpc) is 3.83. The second kappa shape index (κ2) is 15.3. The molecule has 2 aromatic carbocycles. The Labute approximate surface area is 322 Å². The number of carboxylic acid groups (broad SMARTS) is 1. The number of fused-ring (bicyclic) bond motifs is 3. The number of halogens is 2. The highest BCUT2D eigenvalue weighted by Gasteiger charge is 2.43. The Morgan fingerprint density at radius 1 is 0.981 bits per heavy atom. The number of carbonyl (C=O) groups excluding carboxylic acids is 1. The fourth-order valence-corrected chi connectivity index (χ4v) is 9.78. The topological polar surface area (TPSA) is 132 Å². The van der Waals surface area contributed by atoms with Crippen molar-refractivity contribution in [3.63, 3.8) is 0 Å². The lowest BCUT2D eigenvalue weighted by atomic mass is 9.91. The maximum Gasteiger partial charge on any atom is 0.306 e. The summed E-state index contributed by atoms with van der Waals surface area (Å²) in [5, 5.41) is 21.6. The summed E-state index contributed by atoms with van der Waals surface area (Å²) in [5.74, 6) is -0.180. The molecule has 0 spiro atoms. The van der Waals surface area contributed by atoms with Crippen molar-refractivity contribution < 1.29 is 14.7 Å². The highest BCUT2D eigenvalue weighted by Crippen LogP contribution is 2.43. The van der Waals surface area contributed by atoms with Gasteiger partial charge in [-0.3, -0.25) is 19.5 Å². The van der Waals surface area contributed by atoms with E-state index in [0.717, 1.165) is 81.1 Å². The first-order chi connectivity index (χ1) is 25.7. The summed E-state index contributed by atoms with van der Waals surface area (Å²) in [7, 11) is 0. The molecule has 4 atom stereocenters. The van der Waals surface area contributed by atoms with Gasteiger partial charge < -0.3 is 21.1 Å². The molecule has 0 aliphatic carbocycles. The van der Waals surface area contributed by atoms with Crippen molar-refractivity contribution in [1.82, 2.24) is 30.5 Å². The van der Waals surface area contributed by atoms with Gasteiger partial charge in [0.2, 0.25) is 5.91 Å². The monoisotopic (exact) mass is 769 g/mol. The van der Waals surface area contributed by atoms with Crippen LogP contribution in [0.25, 0.3) is 32.6 Å². The van der Waals surface area contributed by atoms with E-state index in [1.54, 1.807) is 17.5 Å². The summed E-state index contributed by atoms with van der Waals surface area (Å²) in [6, 6.07) is 18.6. The first-order valence-electron chi connectivity index (χ1n) is 18.3. The third-order valence-electron chi connectivity index (χ3n) is 10.9. The first-order valence-corrected chi connectivity index (χ1v) is 19.9. The minimum absolute atomic E-state index is 0.121. The number of hydrogen-bond acceptors (Lipinski definition) is 9. The lowest BCUT2D eigenvalue weighted by molar-refractivity contribution is -0.144. The summed E-state index contributed by atoms with van der Waals surface area (Å²) in [6.45, 7) is 4.21. The van der Waals surface area contributed by atoms with E-state index >= 15 is 0 Å². The van der Waals surface area contributed by atoms with Crippen molar-refractivity contribution in [2.24, 2.45) is 5.92 Å². The van der Waals surface area contributed by atoms with Gasteiger partial charge in [-0.2, -0.15) is 0 Å². The number of piperidine rings is 1. The van der Waals surface area contributed by atoms with Crippen molar-refractivity contribution in [3.8, 4) is 22.4 Å². The van der Waals surface area contributed by atoms with Gasteiger partial charge in [-0.05, 0) is 62.3 Å². The molecule has 0 unspecified atom stereocenters. The minimum Gasteiger partial charge on any atom is -0.481 e. The number of thiazole rings is 1. The molecule has 3 aliphatic rings. The minimum atomic E-state index is -0.674. The molecule has 3 fully saturated rings. The zero-order chi connectivity index (χ0) is 36.6. The molecule has 5 aromatic rings. The van der Waals surface area contributed by atoms with E-state index in [-0.39, 0.29) is 30.0 Å². The van der Waals surface area contributed by atoms with Crippen LogP contribution in [0.3, 0.4) is 0 Å². The van der Waals surface area contributed by atoms with Crippen LogP contribution < -0.4 is 16.0 Å². The van der Waals surface area contributed by atoms with Crippen LogP contribution in [0.2, 0.25) is 10.0 Å². The number of carboxylic acids is 1. The molecule has 2 bridgehead atoms. The SMILES string of the molecule is CCc1nc(-c2cccc(-c3cccc(Nc4nccc5sc(CN6[C@@H]7CC[C@H]6C[C@@H](C(=O)O)C7)nc45)c3Cl)c2Cl)ccc1CNC[C@@H]1CCC(=O)N1. The molecule has 53 heavy (non-hydrogen) atoms. The van der Waals surface area contributed by atoms with Gasteiger partial charge in [-0.25, -0.2) is 9.97 Å². The molecule has 4 N–H and O–H groups in total. The molecule has 13 heteroatoms. The normalized spacial score (nSPS) is 21.3. The summed E-state index contributed by atoms with van der Waals surface area (Å²) in [5.41, 5.74) is 6.79. The molecule has 6 heterocycles. The lowest BCUT2D eigenvalue weighted by Gasteiger charge is -2.36. The average molecular weight is 771 g/mol. The predicted molar refractivity (Wildman–Crippen MR) is 211 cm³/mol. The number of carbonyl (C=O) groups is 2. The fraction of sp³-hybridized carbons (Fsp3) is 0.375. The smallest absolute Gasteiger partial charge is 0.306 e. The fourth-order valence-electron chi connectivity index (χ4n) is 8.21. The maximum atomic E-state index is 11.7. The Bertz CT molecular complexity index is 2180. The number of hydrogen-bond donors (Lipinski definition) is 4. The molecular formula is C40H41Cl2N7O3S. The van der Waals surface area contributed by atoms with Crippen LogP contribution >= 0.6 is 34.5 Å². The van der Waals surface area contributed by atoms with Gasteiger partial charge in [-0.15, -0.1) is 11.3 Å². The molecule has 274 valence electrons. The van der Waals surface area contributed by atoms with Gasteiger partial charge in [0.05, 0.1) is 38.6 Å². The number of nitrogens with zero attached hydrogens (tertiary/aromatic N) is 4.